The van der Waals surface area contributed by atoms with Crippen molar-refractivity contribution in [3.63, 3.8) is 0 Å². The molecule has 3 fully saturated rings. The van der Waals surface area contributed by atoms with Crippen molar-refractivity contribution < 1.29 is 32.0 Å². The number of hydrogen-bond donors (Lipinski definition) is 3. The van der Waals surface area contributed by atoms with Crippen LogP contribution in [0.15, 0.2) is 29.7 Å². The number of aromatic amines is 1. The van der Waals surface area contributed by atoms with Gasteiger partial charge in [-0.3, -0.25) is 14.3 Å². The smallest absolute Gasteiger partial charge is 0.280 e. The maximum absolute atomic E-state index is 15.8. The lowest BCUT2D eigenvalue weighted by molar-refractivity contribution is -0.0431. The number of nitrogens with one attached hydrogen (secondary N) is 1. The summed E-state index contributed by atoms with van der Waals surface area (Å²) in [5.41, 5.74) is 12.1. The van der Waals surface area contributed by atoms with Gasteiger partial charge in [-0.1, -0.05) is 0 Å². The van der Waals surface area contributed by atoms with E-state index in [2.05, 4.69) is 24.9 Å². The van der Waals surface area contributed by atoms with E-state index in [1.807, 2.05) is 0 Å². The summed E-state index contributed by atoms with van der Waals surface area (Å²) in [6.45, 7) is 0.334. The summed E-state index contributed by atoms with van der Waals surface area (Å²) in [4.78, 5) is 31.3. The fraction of sp³-hybridized carbons (Fsp3) is 0.500. The van der Waals surface area contributed by atoms with Gasteiger partial charge in [0.15, 0.2) is 47.9 Å². The molecule has 2 unspecified atom stereocenters. The molecule has 5 N–H and O–H groups in total. The van der Waals surface area contributed by atoms with Crippen molar-refractivity contribution in [1.29, 1.82) is 0 Å². The number of nitrogens with two attached hydrogens (primary N) is 2. The summed E-state index contributed by atoms with van der Waals surface area (Å²) in [5, 5.41) is 0.610. The van der Waals surface area contributed by atoms with Crippen LogP contribution in [0.3, 0.4) is 0 Å². The van der Waals surface area contributed by atoms with Crippen molar-refractivity contribution in [1.82, 2.24) is 34.1 Å². The molecule has 4 aromatic rings. The van der Waals surface area contributed by atoms with Crippen LogP contribution in [0.25, 0.3) is 22.2 Å². The number of imidazole rings is 1. The number of hydrogen-bond acceptors (Lipinski definition) is 13. The summed E-state index contributed by atoms with van der Waals surface area (Å²) >= 11 is 0. The van der Waals surface area contributed by atoms with Crippen LogP contribution in [0.2, 0.25) is 0 Å². The number of nitrogens with zero attached hydrogens (tertiary/aromatic N) is 6. The minimum absolute atomic E-state index is 0.0408. The number of rotatable bonds is 2. The van der Waals surface area contributed by atoms with Crippen LogP contribution >= 0.6 is 18.1 Å². The minimum atomic E-state index is -1.42. The molecule has 9 atom stereocenters. The number of alkyl halides is 1. The van der Waals surface area contributed by atoms with Gasteiger partial charge >= 0.3 is 0 Å². The van der Waals surface area contributed by atoms with Gasteiger partial charge in [-0.05, 0) is 6.07 Å². The van der Waals surface area contributed by atoms with Crippen LogP contribution in [-0.2, 0) is 27.6 Å². The predicted molar refractivity (Wildman–Crippen MR) is 145 cm³/mol. The van der Waals surface area contributed by atoms with E-state index in [1.54, 1.807) is 21.4 Å². The van der Waals surface area contributed by atoms with Crippen molar-refractivity contribution in [2.45, 2.75) is 43.4 Å². The van der Waals surface area contributed by atoms with Crippen molar-refractivity contribution in [2.24, 2.45) is 5.92 Å². The second-order valence-electron chi connectivity index (χ2n) is 9.81. The van der Waals surface area contributed by atoms with E-state index in [0.717, 1.165) is 0 Å². The first-order valence-corrected chi connectivity index (χ1v) is 14.4. The largest absolute Gasteiger partial charge is 0.383 e. The molecule has 4 aromatic heterocycles. The maximum atomic E-state index is 15.8. The number of aromatic nitrogens is 7. The third-order valence-electron chi connectivity index (χ3n) is 7.33. The highest BCUT2D eigenvalue weighted by atomic mass is 31.1. The molecule has 3 aliphatic rings. The van der Waals surface area contributed by atoms with Gasteiger partial charge in [0.25, 0.3) is 5.56 Å². The molecular weight excluding hydrogens is 583 g/mol. The first kappa shape index (κ1) is 27.0. The Bertz CT molecular complexity index is 1620. The minimum Gasteiger partial charge on any atom is -0.383 e. The molecule has 3 saturated heterocycles. The number of fused-ring (bicyclic) bond motifs is 5. The zero-order chi connectivity index (χ0) is 28.1. The monoisotopic (exact) mass is 609 g/mol. The third kappa shape index (κ3) is 4.96. The predicted octanol–water partition coefficient (Wildman–Crippen LogP) is 1.33. The molecule has 7 rings (SSSR count). The molecule has 218 valence electrons. The van der Waals surface area contributed by atoms with Crippen LogP contribution in [-0.4, -0.2) is 78.4 Å². The van der Waals surface area contributed by atoms with E-state index >= 15 is 4.39 Å². The van der Waals surface area contributed by atoms with E-state index in [9.17, 15) is 4.79 Å². The molecule has 19 heteroatoms. The first-order chi connectivity index (χ1) is 20.0. The van der Waals surface area contributed by atoms with E-state index < -0.39 is 51.3 Å². The molecule has 0 saturated carbocycles. The van der Waals surface area contributed by atoms with Crippen LogP contribution < -0.4 is 17.0 Å². The lowest BCUT2D eigenvalue weighted by atomic mass is 10.0. The van der Waals surface area contributed by atoms with Gasteiger partial charge in [0, 0.05) is 18.5 Å². The zero-order valence-electron chi connectivity index (χ0n) is 21.3. The Hall–Kier alpha value is -2.88. The Balaban J connectivity index is 1.09. The Labute approximate surface area is 234 Å². The molecule has 16 nitrogen and oxygen atoms in total. The van der Waals surface area contributed by atoms with Gasteiger partial charge in [0.2, 0.25) is 5.95 Å². The summed E-state index contributed by atoms with van der Waals surface area (Å²) < 4.78 is 54.8. The Morgan fingerprint density at radius 3 is 2.73 bits per heavy atom. The fourth-order valence-electron chi connectivity index (χ4n) is 5.36. The van der Waals surface area contributed by atoms with E-state index in [1.165, 1.54) is 12.7 Å². The van der Waals surface area contributed by atoms with Gasteiger partial charge in [-0.25, -0.2) is 19.3 Å². The van der Waals surface area contributed by atoms with Gasteiger partial charge < -0.3 is 43.6 Å². The average Bonchev–Trinajstić information content (AvgIpc) is 3.72. The highest BCUT2D eigenvalue weighted by Crippen LogP contribution is 2.42. The maximum Gasteiger partial charge on any atom is 0.280 e. The van der Waals surface area contributed by atoms with E-state index in [-0.39, 0.29) is 52.1 Å². The van der Waals surface area contributed by atoms with Crippen molar-refractivity contribution in [3.8, 4) is 0 Å². The third-order valence-corrected chi connectivity index (χ3v) is 8.58. The van der Waals surface area contributed by atoms with Crippen LogP contribution in [0.1, 0.15) is 18.9 Å². The highest BCUT2D eigenvalue weighted by molar-refractivity contribution is 7.26. The normalized spacial score (nSPS) is 32.6. The van der Waals surface area contributed by atoms with Crippen molar-refractivity contribution >= 4 is 52.0 Å². The molecule has 0 amide bonds. The number of ether oxygens (including phenoxy) is 2. The molecule has 3 aliphatic heterocycles. The zero-order valence-corrected chi connectivity index (χ0v) is 23.3. The van der Waals surface area contributed by atoms with Gasteiger partial charge in [0.1, 0.15) is 23.9 Å². The van der Waals surface area contributed by atoms with E-state index in [0.29, 0.717) is 23.3 Å². The molecule has 0 radical (unpaired) electrons. The second kappa shape index (κ2) is 11.1. The number of halogens is 1. The van der Waals surface area contributed by atoms with Gasteiger partial charge in [-0.15, -0.1) is 0 Å². The summed E-state index contributed by atoms with van der Waals surface area (Å²) in [6, 6.07) is 1.73. The van der Waals surface area contributed by atoms with Gasteiger partial charge in [-0.2, -0.15) is 4.98 Å². The molecular formula is C22H26FN9O7P2. The molecule has 0 aliphatic carbocycles. The highest BCUT2D eigenvalue weighted by Gasteiger charge is 2.47. The Kier molecular flexibility index (Phi) is 7.29. The molecule has 41 heavy (non-hydrogen) atoms. The van der Waals surface area contributed by atoms with Crippen LogP contribution in [0.4, 0.5) is 16.2 Å². The fourth-order valence-corrected chi connectivity index (χ4v) is 6.60. The summed E-state index contributed by atoms with van der Waals surface area (Å²) in [5.74, 6) is -0.371. The number of H-pyrrole nitrogens is 1. The second-order valence-corrected chi connectivity index (χ2v) is 11.2. The quantitative estimate of drug-likeness (QED) is 0.275. The number of anilines is 2. The van der Waals surface area contributed by atoms with Gasteiger partial charge in [0.05, 0.1) is 43.7 Å². The molecule has 7 heterocycles. The standard InChI is InChI=1S/C22H26FN9O7P2/c23-14-11-5-35-40-34-4-9-3-12(20(37-9)32-8-28-15-18(32)29-22(25)30-19(15)33)39-41-36-6-13(11)38-21(14)31-2-1-10-16(24)26-7-27-17(10)31/h1-2,7-9,11-14,20-21,40-41H,3-6H2,(H2,24,26,27)(H3,25,29,30,33)/t9-,11+,12+,13+,14-,20+,21+/m0/s1. The Morgan fingerprint density at radius 1 is 0.976 bits per heavy atom. The van der Waals surface area contributed by atoms with Crippen molar-refractivity contribution in [3.05, 3.63) is 35.3 Å². The number of nitrogen functional groups attached to an aromatic ring is 2. The van der Waals surface area contributed by atoms with Crippen LogP contribution in [0, 0.1) is 5.92 Å². The Morgan fingerprint density at radius 2 is 1.83 bits per heavy atom. The topological polar surface area (TPSA) is 202 Å². The van der Waals surface area contributed by atoms with Crippen molar-refractivity contribution in [2.75, 3.05) is 31.3 Å². The average molecular weight is 609 g/mol. The lowest BCUT2D eigenvalue weighted by Gasteiger charge is -2.21. The molecule has 0 spiro atoms. The summed E-state index contributed by atoms with van der Waals surface area (Å²) in [7, 11) is -0.756. The SMILES string of the molecule is Nc1nc2c(ncn2[C@@H]2O[C@@H]3COPOC[C@H]4[C@H](F)[C@H](n5ccc6c(N)ncnc65)O[C@@H]4COPO[C@@H]2C3)c(=O)[nH]1. The molecule has 2 bridgehead atoms. The van der Waals surface area contributed by atoms with E-state index in [4.69, 9.17) is 39.0 Å². The molecule has 0 aromatic carbocycles. The first-order valence-electron chi connectivity index (χ1n) is 12.7. The lowest BCUT2D eigenvalue weighted by Crippen LogP contribution is -2.29. The van der Waals surface area contributed by atoms with Crippen LogP contribution in [0.5, 0.6) is 0 Å². The summed E-state index contributed by atoms with van der Waals surface area (Å²) in [6.07, 6.45) is 0.451.